The predicted octanol–water partition coefficient (Wildman–Crippen LogP) is 1.39. The van der Waals surface area contributed by atoms with Crippen LogP contribution in [-0.4, -0.2) is 39.0 Å². The number of rotatable bonds is 5. The van der Waals surface area contributed by atoms with Gasteiger partial charge in [0.05, 0.1) is 24.6 Å². The molecule has 0 heterocycles. The highest BCUT2D eigenvalue weighted by molar-refractivity contribution is 7.85. The SMILES string of the molecule is C[NH2+]C(C)CCOC(F)(F)F.Cc1ccc(S(=O)(=O)[O-])cc1. The second-order valence-electron chi connectivity index (χ2n) is 4.66. The Hall–Kier alpha value is -1.16. The van der Waals surface area contributed by atoms with E-state index in [0.29, 0.717) is 6.42 Å². The lowest BCUT2D eigenvalue weighted by Gasteiger charge is -2.09. The molecule has 1 aromatic carbocycles. The Balaban J connectivity index is 0.000000401. The van der Waals surface area contributed by atoms with Gasteiger partial charge in [-0.3, -0.25) is 4.74 Å². The molecule has 0 saturated carbocycles. The van der Waals surface area contributed by atoms with Crippen molar-refractivity contribution in [2.75, 3.05) is 13.7 Å². The number of halogens is 3. The lowest BCUT2D eigenvalue weighted by molar-refractivity contribution is -0.661. The molecule has 0 amide bonds. The van der Waals surface area contributed by atoms with Gasteiger partial charge in [-0.05, 0) is 26.0 Å². The second-order valence-corrected chi connectivity index (χ2v) is 6.04. The first-order valence-corrected chi connectivity index (χ1v) is 7.89. The maximum Gasteiger partial charge on any atom is 0.522 e. The molecular weight excluding hydrogens is 323 g/mol. The Kier molecular flexibility index (Phi) is 8.61. The molecule has 2 N–H and O–H groups in total. The van der Waals surface area contributed by atoms with E-state index in [1.165, 1.54) is 12.1 Å². The van der Waals surface area contributed by atoms with Crippen LogP contribution < -0.4 is 5.32 Å². The second kappa shape index (κ2) is 9.09. The zero-order valence-electron chi connectivity index (χ0n) is 12.6. The molecule has 128 valence electrons. The van der Waals surface area contributed by atoms with Gasteiger partial charge in [-0.25, -0.2) is 8.42 Å². The molecule has 1 atom stereocenters. The zero-order chi connectivity index (χ0) is 17.4. The number of alkyl halides is 3. The van der Waals surface area contributed by atoms with Gasteiger partial charge < -0.3 is 9.87 Å². The maximum absolute atomic E-state index is 11.4. The van der Waals surface area contributed by atoms with Crippen LogP contribution in [0.5, 0.6) is 0 Å². The van der Waals surface area contributed by atoms with Gasteiger partial charge in [0.15, 0.2) is 0 Å². The van der Waals surface area contributed by atoms with Crippen molar-refractivity contribution in [3.05, 3.63) is 29.8 Å². The highest BCUT2D eigenvalue weighted by atomic mass is 32.2. The lowest BCUT2D eigenvalue weighted by Crippen LogP contribution is -2.85. The molecule has 22 heavy (non-hydrogen) atoms. The fraction of sp³-hybridized carbons (Fsp3) is 0.538. The van der Waals surface area contributed by atoms with Crippen LogP contribution in [0.1, 0.15) is 18.9 Å². The third-order valence-electron chi connectivity index (χ3n) is 2.72. The Morgan fingerprint density at radius 2 is 1.77 bits per heavy atom. The summed E-state index contributed by atoms with van der Waals surface area (Å²) in [4.78, 5) is -0.178. The number of benzene rings is 1. The summed E-state index contributed by atoms with van der Waals surface area (Å²) in [6.07, 6.45) is -4.07. The monoisotopic (exact) mass is 343 g/mol. The smallest absolute Gasteiger partial charge is 0.522 e. The zero-order valence-corrected chi connectivity index (χ0v) is 13.4. The van der Waals surface area contributed by atoms with E-state index in [2.05, 4.69) is 4.74 Å². The standard InChI is InChI=1S/C7H8O3S.C6H12F3NO/c1-6-2-4-7(5-3-6)11(8,9)10;1-5(10-2)3-4-11-6(7,8)9/h2-5H,1H3,(H,8,9,10);5,10H,3-4H2,1-2H3. The fourth-order valence-corrected chi connectivity index (χ4v) is 1.70. The van der Waals surface area contributed by atoms with E-state index in [0.717, 1.165) is 5.56 Å². The molecule has 0 aromatic heterocycles. The van der Waals surface area contributed by atoms with Crippen LogP contribution in [-0.2, 0) is 14.9 Å². The largest absolute Gasteiger partial charge is 0.744 e. The summed E-state index contributed by atoms with van der Waals surface area (Å²) in [5, 5.41) is 1.85. The number of quaternary nitrogens is 1. The van der Waals surface area contributed by atoms with Gasteiger partial charge in [0.1, 0.15) is 10.1 Å². The van der Waals surface area contributed by atoms with Crippen LogP contribution in [0, 0.1) is 6.92 Å². The first-order valence-electron chi connectivity index (χ1n) is 6.48. The van der Waals surface area contributed by atoms with Crippen molar-refractivity contribution in [1.82, 2.24) is 0 Å². The van der Waals surface area contributed by atoms with E-state index in [4.69, 9.17) is 0 Å². The minimum absolute atomic E-state index is 0.178. The summed E-state index contributed by atoms with van der Waals surface area (Å²) < 4.78 is 68.9. The van der Waals surface area contributed by atoms with E-state index in [-0.39, 0.29) is 17.5 Å². The van der Waals surface area contributed by atoms with Gasteiger partial charge in [-0.15, -0.1) is 13.2 Å². The van der Waals surface area contributed by atoms with Crippen LogP contribution >= 0.6 is 0 Å². The summed E-state index contributed by atoms with van der Waals surface area (Å²) in [7, 11) is -2.45. The van der Waals surface area contributed by atoms with Crippen LogP contribution in [0.25, 0.3) is 0 Å². The van der Waals surface area contributed by atoms with E-state index in [9.17, 15) is 26.1 Å². The van der Waals surface area contributed by atoms with Gasteiger partial charge in [0, 0.05) is 6.42 Å². The van der Waals surface area contributed by atoms with Gasteiger partial charge >= 0.3 is 6.36 Å². The number of hydrogen-bond acceptors (Lipinski definition) is 4. The maximum atomic E-state index is 11.4. The Morgan fingerprint density at radius 3 is 2.14 bits per heavy atom. The summed E-state index contributed by atoms with van der Waals surface area (Å²) in [5.74, 6) is 0. The average molecular weight is 343 g/mol. The van der Waals surface area contributed by atoms with Crippen LogP contribution in [0.15, 0.2) is 29.2 Å². The summed E-state index contributed by atoms with van der Waals surface area (Å²) >= 11 is 0. The third kappa shape index (κ3) is 10.6. The molecule has 1 unspecified atom stereocenters. The van der Waals surface area contributed by atoms with Crippen molar-refractivity contribution >= 4 is 10.1 Å². The number of aryl methyl sites for hydroxylation is 1. The molecular formula is C13H20F3NO4S. The minimum atomic E-state index is -4.48. The summed E-state index contributed by atoms with van der Waals surface area (Å²) in [5.41, 5.74) is 0.928. The Bertz CT molecular complexity index is 529. The first-order chi connectivity index (χ1) is 9.95. The van der Waals surface area contributed by atoms with Crippen molar-refractivity contribution in [1.29, 1.82) is 0 Å². The highest BCUT2D eigenvalue weighted by Crippen LogP contribution is 2.16. The van der Waals surface area contributed by atoms with E-state index in [1.807, 2.05) is 26.2 Å². The topological polar surface area (TPSA) is 83.0 Å². The molecule has 0 radical (unpaired) electrons. The molecule has 0 aliphatic carbocycles. The normalized spacial score (nSPS) is 13.2. The first kappa shape index (κ1) is 20.8. The molecule has 1 rings (SSSR count). The van der Waals surface area contributed by atoms with Gasteiger partial charge in [0.2, 0.25) is 0 Å². The van der Waals surface area contributed by atoms with Crippen molar-refractivity contribution in [3.63, 3.8) is 0 Å². The van der Waals surface area contributed by atoms with Gasteiger partial charge in [-0.1, -0.05) is 17.7 Å². The van der Waals surface area contributed by atoms with Crippen molar-refractivity contribution < 1.29 is 36.2 Å². The predicted molar refractivity (Wildman–Crippen MR) is 73.1 cm³/mol. The third-order valence-corrected chi connectivity index (χ3v) is 3.57. The number of ether oxygens (including phenoxy) is 1. The molecule has 0 fully saturated rings. The Morgan fingerprint density at radius 1 is 1.27 bits per heavy atom. The fourth-order valence-electron chi connectivity index (χ4n) is 1.23. The summed E-state index contributed by atoms with van der Waals surface area (Å²) in [6, 6.07) is 5.96. The molecule has 5 nitrogen and oxygen atoms in total. The molecule has 1 aromatic rings. The number of nitrogens with two attached hydrogens (primary N) is 1. The van der Waals surface area contributed by atoms with Crippen LogP contribution in [0.3, 0.4) is 0 Å². The van der Waals surface area contributed by atoms with E-state index < -0.39 is 16.5 Å². The quantitative estimate of drug-likeness (QED) is 0.819. The molecule has 0 aliphatic rings. The van der Waals surface area contributed by atoms with Crippen LogP contribution in [0.4, 0.5) is 13.2 Å². The molecule has 0 bridgehead atoms. The van der Waals surface area contributed by atoms with Gasteiger partial charge in [-0.2, -0.15) is 0 Å². The van der Waals surface area contributed by atoms with E-state index in [1.54, 1.807) is 12.1 Å². The number of hydrogen-bond donors (Lipinski definition) is 1. The molecule has 9 heteroatoms. The Labute approximate surface area is 128 Å². The summed E-state index contributed by atoms with van der Waals surface area (Å²) in [6.45, 7) is 3.41. The lowest BCUT2D eigenvalue weighted by atomic mass is 10.2. The van der Waals surface area contributed by atoms with Crippen molar-refractivity contribution in [2.45, 2.75) is 37.6 Å². The average Bonchev–Trinajstić information content (AvgIpc) is 2.37. The van der Waals surface area contributed by atoms with E-state index >= 15 is 0 Å². The molecule has 0 spiro atoms. The van der Waals surface area contributed by atoms with Crippen molar-refractivity contribution in [3.8, 4) is 0 Å². The van der Waals surface area contributed by atoms with Gasteiger partial charge in [0.25, 0.3) is 0 Å². The minimum Gasteiger partial charge on any atom is -0.744 e. The molecule has 0 saturated heterocycles. The van der Waals surface area contributed by atoms with Crippen molar-refractivity contribution in [2.24, 2.45) is 0 Å². The van der Waals surface area contributed by atoms with Crippen LogP contribution in [0.2, 0.25) is 0 Å². The molecule has 0 aliphatic heterocycles. The highest BCUT2D eigenvalue weighted by Gasteiger charge is 2.28.